The summed E-state index contributed by atoms with van der Waals surface area (Å²) >= 11 is 0. The van der Waals surface area contributed by atoms with Crippen molar-refractivity contribution in [2.75, 3.05) is 7.05 Å². The molecule has 0 saturated heterocycles. The van der Waals surface area contributed by atoms with E-state index in [2.05, 4.69) is 12.2 Å². The van der Waals surface area contributed by atoms with Gasteiger partial charge in [-0.2, -0.15) is 0 Å². The van der Waals surface area contributed by atoms with E-state index in [1.807, 2.05) is 14.0 Å². The normalized spacial score (nSPS) is 16.4. The molecule has 2 atom stereocenters. The SMILES string of the molecule is CCCC(CC(O)CC)NC. The van der Waals surface area contributed by atoms with Crippen molar-refractivity contribution in [3.63, 3.8) is 0 Å². The van der Waals surface area contributed by atoms with Gasteiger partial charge in [-0.05, 0) is 26.3 Å². The molecule has 2 nitrogen and oxygen atoms in total. The second kappa shape index (κ2) is 6.62. The minimum atomic E-state index is -0.126. The van der Waals surface area contributed by atoms with E-state index in [1.54, 1.807) is 0 Å². The molecule has 0 heterocycles. The third-order valence-corrected chi connectivity index (χ3v) is 2.07. The summed E-state index contributed by atoms with van der Waals surface area (Å²) in [5, 5.41) is 12.6. The highest BCUT2D eigenvalue weighted by Crippen LogP contribution is 2.06. The van der Waals surface area contributed by atoms with E-state index in [-0.39, 0.29) is 6.10 Å². The lowest BCUT2D eigenvalue weighted by molar-refractivity contribution is 0.144. The lowest BCUT2D eigenvalue weighted by atomic mass is 10.0. The van der Waals surface area contributed by atoms with Crippen LogP contribution in [0, 0.1) is 0 Å². The van der Waals surface area contributed by atoms with Gasteiger partial charge in [0.25, 0.3) is 0 Å². The second-order valence-corrected chi connectivity index (χ2v) is 3.07. The number of hydrogen-bond donors (Lipinski definition) is 2. The van der Waals surface area contributed by atoms with E-state index in [0.717, 1.165) is 19.3 Å². The van der Waals surface area contributed by atoms with Gasteiger partial charge in [0, 0.05) is 6.04 Å². The van der Waals surface area contributed by atoms with E-state index in [9.17, 15) is 5.11 Å². The van der Waals surface area contributed by atoms with Crippen LogP contribution in [0.15, 0.2) is 0 Å². The van der Waals surface area contributed by atoms with Gasteiger partial charge in [0.15, 0.2) is 0 Å². The van der Waals surface area contributed by atoms with E-state index < -0.39 is 0 Å². The van der Waals surface area contributed by atoms with Crippen LogP contribution in [-0.4, -0.2) is 24.3 Å². The largest absolute Gasteiger partial charge is 0.393 e. The van der Waals surface area contributed by atoms with Crippen molar-refractivity contribution in [2.45, 2.75) is 51.7 Å². The molecule has 0 bridgehead atoms. The molecule has 2 unspecified atom stereocenters. The first-order chi connectivity index (χ1) is 5.24. The number of aliphatic hydroxyl groups is 1. The Hall–Kier alpha value is -0.0800. The first-order valence-corrected chi connectivity index (χ1v) is 4.59. The van der Waals surface area contributed by atoms with Crippen molar-refractivity contribution in [3.8, 4) is 0 Å². The summed E-state index contributed by atoms with van der Waals surface area (Å²) < 4.78 is 0. The summed E-state index contributed by atoms with van der Waals surface area (Å²) in [6, 6.07) is 0.495. The fourth-order valence-corrected chi connectivity index (χ4v) is 1.22. The first-order valence-electron chi connectivity index (χ1n) is 4.59. The van der Waals surface area contributed by atoms with Crippen LogP contribution in [0.25, 0.3) is 0 Å². The Balaban J connectivity index is 3.49. The number of rotatable bonds is 6. The van der Waals surface area contributed by atoms with Crippen LogP contribution in [0.2, 0.25) is 0 Å². The van der Waals surface area contributed by atoms with Gasteiger partial charge < -0.3 is 10.4 Å². The molecule has 0 saturated carbocycles. The molecule has 0 fully saturated rings. The molecule has 0 aromatic rings. The Morgan fingerprint density at radius 3 is 2.36 bits per heavy atom. The molecule has 0 spiro atoms. The minimum absolute atomic E-state index is 0.126. The molecule has 0 aromatic carbocycles. The van der Waals surface area contributed by atoms with Crippen molar-refractivity contribution < 1.29 is 5.11 Å². The van der Waals surface area contributed by atoms with E-state index in [1.165, 1.54) is 6.42 Å². The second-order valence-electron chi connectivity index (χ2n) is 3.07. The smallest absolute Gasteiger partial charge is 0.0552 e. The van der Waals surface area contributed by atoms with Gasteiger partial charge >= 0.3 is 0 Å². The van der Waals surface area contributed by atoms with Gasteiger partial charge in [0.05, 0.1) is 6.10 Å². The molecule has 2 heteroatoms. The molecular weight excluding hydrogens is 138 g/mol. The van der Waals surface area contributed by atoms with Gasteiger partial charge in [-0.3, -0.25) is 0 Å². The van der Waals surface area contributed by atoms with Crippen molar-refractivity contribution in [2.24, 2.45) is 0 Å². The average molecular weight is 159 g/mol. The average Bonchev–Trinajstić information content (AvgIpc) is 2.03. The maximum Gasteiger partial charge on any atom is 0.0552 e. The van der Waals surface area contributed by atoms with Crippen LogP contribution in [0.5, 0.6) is 0 Å². The summed E-state index contributed by atoms with van der Waals surface area (Å²) in [5.41, 5.74) is 0. The van der Waals surface area contributed by atoms with Gasteiger partial charge in [-0.15, -0.1) is 0 Å². The Labute approximate surface area is 70.0 Å². The van der Waals surface area contributed by atoms with Crippen molar-refractivity contribution in [3.05, 3.63) is 0 Å². The lowest BCUT2D eigenvalue weighted by Gasteiger charge is -2.17. The van der Waals surface area contributed by atoms with Crippen LogP contribution in [0.4, 0.5) is 0 Å². The quantitative estimate of drug-likeness (QED) is 0.616. The van der Waals surface area contributed by atoms with Crippen LogP contribution in [-0.2, 0) is 0 Å². The van der Waals surface area contributed by atoms with E-state index >= 15 is 0 Å². The summed E-state index contributed by atoms with van der Waals surface area (Å²) in [4.78, 5) is 0. The zero-order chi connectivity index (χ0) is 8.69. The summed E-state index contributed by atoms with van der Waals surface area (Å²) in [7, 11) is 1.96. The number of aliphatic hydroxyl groups excluding tert-OH is 1. The Morgan fingerprint density at radius 2 is 2.00 bits per heavy atom. The Morgan fingerprint density at radius 1 is 1.36 bits per heavy atom. The zero-order valence-electron chi connectivity index (χ0n) is 7.93. The molecule has 0 rings (SSSR count). The lowest BCUT2D eigenvalue weighted by Crippen LogP contribution is -2.29. The molecule has 0 amide bonds. The van der Waals surface area contributed by atoms with Crippen LogP contribution < -0.4 is 5.32 Å². The number of nitrogens with one attached hydrogen (secondary N) is 1. The fourth-order valence-electron chi connectivity index (χ4n) is 1.22. The third kappa shape index (κ3) is 5.22. The first kappa shape index (κ1) is 10.9. The highest BCUT2D eigenvalue weighted by atomic mass is 16.3. The van der Waals surface area contributed by atoms with E-state index in [4.69, 9.17) is 0 Å². The fraction of sp³-hybridized carbons (Fsp3) is 1.00. The topological polar surface area (TPSA) is 32.3 Å². The molecule has 0 aliphatic heterocycles. The van der Waals surface area contributed by atoms with Crippen LogP contribution >= 0.6 is 0 Å². The van der Waals surface area contributed by atoms with Crippen molar-refractivity contribution in [1.29, 1.82) is 0 Å². The predicted octanol–water partition coefficient (Wildman–Crippen LogP) is 1.54. The highest BCUT2D eigenvalue weighted by molar-refractivity contribution is 4.67. The van der Waals surface area contributed by atoms with Crippen molar-refractivity contribution in [1.82, 2.24) is 5.32 Å². The van der Waals surface area contributed by atoms with E-state index in [0.29, 0.717) is 6.04 Å². The molecule has 0 aliphatic rings. The standard InChI is InChI=1S/C9H21NO/c1-4-6-8(10-3)7-9(11)5-2/h8-11H,4-7H2,1-3H3. The Bertz CT molecular complexity index is 85.6. The van der Waals surface area contributed by atoms with Crippen LogP contribution in [0.1, 0.15) is 39.5 Å². The van der Waals surface area contributed by atoms with Gasteiger partial charge in [-0.1, -0.05) is 20.3 Å². The van der Waals surface area contributed by atoms with Gasteiger partial charge in [0.2, 0.25) is 0 Å². The Kier molecular flexibility index (Phi) is 6.57. The zero-order valence-corrected chi connectivity index (χ0v) is 7.93. The molecule has 2 N–H and O–H groups in total. The molecule has 0 radical (unpaired) electrons. The van der Waals surface area contributed by atoms with Crippen LogP contribution in [0.3, 0.4) is 0 Å². The highest BCUT2D eigenvalue weighted by Gasteiger charge is 2.09. The predicted molar refractivity (Wildman–Crippen MR) is 48.7 cm³/mol. The van der Waals surface area contributed by atoms with Gasteiger partial charge in [0.1, 0.15) is 0 Å². The number of hydrogen-bond acceptors (Lipinski definition) is 2. The third-order valence-electron chi connectivity index (χ3n) is 2.07. The molecule has 68 valence electrons. The summed E-state index contributed by atoms with van der Waals surface area (Å²) in [6.07, 6.45) is 3.97. The minimum Gasteiger partial charge on any atom is -0.393 e. The molecule has 0 aliphatic carbocycles. The maximum absolute atomic E-state index is 9.35. The summed E-state index contributed by atoms with van der Waals surface area (Å²) in [5.74, 6) is 0. The van der Waals surface area contributed by atoms with Gasteiger partial charge in [-0.25, -0.2) is 0 Å². The molecule has 11 heavy (non-hydrogen) atoms. The summed E-state index contributed by atoms with van der Waals surface area (Å²) in [6.45, 7) is 4.19. The molecular formula is C9H21NO. The monoisotopic (exact) mass is 159 g/mol. The van der Waals surface area contributed by atoms with Crippen molar-refractivity contribution >= 4 is 0 Å². The maximum atomic E-state index is 9.35. The molecule has 0 aromatic heterocycles.